The number of carbonyl (C=O) groups is 2. The van der Waals surface area contributed by atoms with E-state index >= 15 is 0 Å². The lowest BCUT2D eigenvalue weighted by atomic mass is 9.94. The molecule has 2 N–H and O–H groups in total. The maximum Gasteiger partial charge on any atom is 0.253 e. The molecule has 0 atom stereocenters. The van der Waals surface area contributed by atoms with Crippen molar-refractivity contribution in [3.63, 3.8) is 0 Å². The number of piperidine rings is 2. The van der Waals surface area contributed by atoms with Gasteiger partial charge in [-0.05, 0) is 92.6 Å². The second-order valence-electron chi connectivity index (χ2n) is 13.2. The van der Waals surface area contributed by atoms with Crippen molar-refractivity contribution in [1.82, 2.24) is 20.1 Å². The Morgan fingerprint density at radius 3 is 2.29 bits per heavy atom. The summed E-state index contributed by atoms with van der Waals surface area (Å²) in [4.78, 5) is 47.8. The molecule has 48 heavy (non-hydrogen) atoms. The number of nitrogens with one attached hydrogen (secondary N) is 2. The third-order valence-corrected chi connectivity index (χ3v) is 9.87. The van der Waals surface area contributed by atoms with E-state index in [9.17, 15) is 23.2 Å². The van der Waals surface area contributed by atoms with Crippen LogP contribution in [-0.4, -0.2) is 71.3 Å². The van der Waals surface area contributed by atoms with Crippen molar-refractivity contribution in [2.75, 3.05) is 37.6 Å². The van der Waals surface area contributed by atoms with Crippen LogP contribution in [0, 0.1) is 20.8 Å². The third-order valence-electron chi connectivity index (χ3n) is 9.87. The molecule has 0 aliphatic carbocycles. The van der Waals surface area contributed by atoms with Gasteiger partial charge in [0.05, 0.1) is 0 Å². The van der Waals surface area contributed by atoms with Crippen LogP contribution in [0.15, 0.2) is 59.9 Å². The summed E-state index contributed by atoms with van der Waals surface area (Å²) in [6, 6.07) is 14.2. The zero-order chi connectivity index (χ0) is 34.6. The lowest BCUT2D eigenvalue weighted by molar-refractivity contribution is -0.127. The molecular formula is C38H47F2N5O3. The molecule has 2 amide bonds. The summed E-state index contributed by atoms with van der Waals surface area (Å²) in [5, 5.41) is 2.99. The van der Waals surface area contributed by atoms with E-state index in [4.69, 9.17) is 0 Å². The van der Waals surface area contributed by atoms with Gasteiger partial charge in [0, 0.05) is 87.2 Å². The fourth-order valence-electron chi connectivity index (χ4n) is 7.02. The van der Waals surface area contributed by atoms with Crippen molar-refractivity contribution >= 4 is 17.5 Å². The summed E-state index contributed by atoms with van der Waals surface area (Å²) in [5.41, 5.74) is 7.08. The summed E-state index contributed by atoms with van der Waals surface area (Å²) >= 11 is 0. The number of aryl methyl sites for hydroxylation is 2. The number of aromatic amines is 1. The van der Waals surface area contributed by atoms with Crippen molar-refractivity contribution in [3.8, 4) is 11.1 Å². The quantitative estimate of drug-likeness (QED) is 0.256. The van der Waals surface area contributed by atoms with E-state index in [1.54, 1.807) is 0 Å². The number of rotatable bonds is 10. The van der Waals surface area contributed by atoms with Gasteiger partial charge in [-0.2, -0.15) is 0 Å². The van der Waals surface area contributed by atoms with E-state index in [1.165, 1.54) is 6.08 Å². The van der Waals surface area contributed by atoms with E-state index < -0.39 is 5.92 Å². The first-order valence-electron chi connectivity index (χ1n) is 16.9. The average molecular weight is 660 g/mol. The fourth-order valence-corrected chi connectivity index (χ4v) is 7.02. The molecule has 8 nitrogen and oxygen atoms in total. The number of nitrogens with zero attached hydrogens (tertiary/aromatic N) is 3. The van der Waals surface area contributed by atoms with Crippen LogP contribution >= 0.6 is 0 Å². The van der Waals surface area contributed by atoms with Gasteiger partial charge < -0.3 is 20.1 Å². The van der Waals surface area contributed by atoms with Crippen LogP contribution in [-0.2, 0) is 17.9 Å². The Morgan fingerprint density at radius 2 is 1.69 bits per heavy atom. The maximum absolute atomic E-state index is 13.9. The number of likely N-dealkylation sites (tertiary alicyclic amines) is 2. The number of H-pyrrole nitrogens is 1. The number of aromatic nitrogens is 1. The Morgan fingerprint density at radius 1 is 1.02 bits per heavy atom. The predicted octanol–water partition coefficient (Wildman–Crippen LogP) is 6.13. The minimum atomic E-state index is -2.57. The first kappa shape index (κ1) is 35.0. The van der Waals surface area contributed by atoms with Gasteiger partial charge in [-0.15, -0.1) is 0 Å². The van der Waals surface area contributed by atoms with Crippen LogP contribution in [0.4, 0.5) is 14.5 Å². The van der Waals surface area contributed by atoms with E-state index in [0.717, 1.165) is 58.6 Å². The fraction of sp³-hybridized carbons (Fsp3) is 0.447. The number of anilines is 1. The molecule has 2 aliphatic rings. The molecule has 0 unspecified atom stereocenters. The molecule has 3 aromatic rings. The molecule has 0 bridgehead atoms. The lowest BCUT2D eigenvalue weighted by Crippen LogP contribution is -2.46. The molecule has 256 valence electrons. The van der Waals surface area contributed by atoms with Crippen molar-refractivity contribution in [2.45, 2.75) is 78.4 Å². The largest absolute Gasteiger partial charge is 0.368 e. The Balaban J connectivity index is 1.44. The zero-order valence-corrected chi connectivity index (χ0v) is 28.5. The Kier molecular flexibility index (Phi) is 10.8. The number of benzene rings is 2. The number of pyridine rings is 1. The summed E-state index contributed by atoms with van der Waals surface area (Å²) in [6.45, 7) is 14.8. The van der Waals surface area contributed by atoms with Gasteiger partial charge in [-0.25, -0.2) is 8.78 Å². The molecule has 1 aromatic heterocycles. The lowest BCUT2D eigenvalue weighted by Gasteiger charge is -2.40. The molecular weight excluding hydrogens is 612 g/mol. The number of carbonyl (C=O) groups excluding carboxylic acids is 2. The summed E-state index contributed by atoms with van der Waals surface area (Å²) in [5.74, 6) is -2.90. The smallest absolute Gasteiger partial charge is 0.253 e. The normalized spacial score (nSPS) is 16.8. The van der Waals surface area contributed by atoms with Crippen LogP contribution in [0.25, 0.3) is 11.1 Å². The van der Waals surface area contributed by atoms with Gasteiger partial charge in [0.25, 0.3) is 17.4 Å². The number of amides is 2. The summed E-state index contributed by atoms with van der Waals surface area (Å²) in [6.07, 6.45) is 2.73. The van der Waals surface area contributed by atoms with Gasteiger partial charge >= 0.3 is 0 Å². The van der Waals surface area contributed by atoms with Crippen LogP contribution < -0.4 is 15.8 Å². The minimum Gasteiger partial charge on any atom is -0.368 e. The van der Waals surface area contributed by atoms with Crippen molar-refractivity contribution in [2.24, 2.45) is 0 Å². The topological polar surface area (TPSA) is 88.8 Å². The van der Waals surface area contributed by atoms with E-state index in [1.807, 2.05) is 62.1 Å². The van der Waals surface area contributed by atoms with Crippen molar-refractivity contribution in [3.05, 3.63) is 99.0 Å². The van der Waals surface area contributed by atoms with Crippen molar-refractivity contribution < 1.29 is 18.4 Å². The SMILES string of the molecule is C=CC(=O)N1CCC(N(CC)c2cc(-c3ccc(CN4CCC(F)(F)CC4)cc3)cc(C(=O)NCc3c(C)cc(C)[nH]c3=O)c2C)CC1. The Bertz CT molecular complexity index is 1700. The number of hydrogen-bond donors (Lipinski definition) is 2. The Hall–Kier alpha value is -4.31. The molecule has 2 saturated heterocycles. The monoisotopic (exact) mass is 659 g/mol. The van der Waals surface area contributed by atoms with Gasteiger partial charge in [0.15, 0.2) is 0 Å². The maximum atomic E-state index is 13.9. The molecule has 0 radical (unpaired) electrons. The first-order valence-corrected chi connectivity index (χ1v) is 16.9. The molecule has 0 saturated carbocycles. The van der Waals surface area contributed by atoms with Crippen LogP contribution in [0.1, 0.15) is 70.9 Å². The first-order chi connectivity index (χ1) is 22.9. The second kappa shape index (κ2) is 14.8. The zero-order valence-electron chi connectivity index (χ0n) is 28.5. The summed E-state index contributed by atoms with van der Waals surface area (Å²) in [7, 11) is 0. The highest BCUT2D eigenvalue weighted by Crippen LogP contribution is 2.35. The molecule has 2 aliphatic heterocycles. The van der Waals surface area contributed by atoms with Gasteiger partial charge in [0.1, 0.15) is 0 Å². The highest BCUT2D eigenvalue weighted by molar-refractivity contribution is 5.99. The van der Waals surface area contributed by atoms with Crippen LogP contribution in [0.2, 0.25) is 0 Å². The highest BCUT2D eigenvalue weighted by Gasteiger charge is 2.34. The van der Waals surface area contributed by atoms with Gasteiger partial charge in [0.2, 0.25) is 5.91 Å². The Labute approximate surface area is 281 Å². The van der Waals surface area contributed by atoms with E-state index in [0.29, 0.717) is 43.9 Å². The number of hydrogen-bond acceptors (Lipinski definition) is 5. The predicted molar refractivity (Wildman–Crippen MR) is 187 cm³/mol. The number of alkyl halides is 2. The van der Waals surface area contributed by atoms with Gasteiger partial charge in [-0.3, -0.25) is 19.3 Å². The third kappa shape index (κ3) is 8.03. The molecule has 5 rings (SSSR count). The standard InChI is InChI=1S/C38H47F2N5O3/c1-6-35(46)44-16-12-31(13-17-44)45(7-2)34-22-30(29-10-8-28(9-11-29)24-43-18-14-38(39,40)15-19-43)21-32(27(34)5)36(47)41-23-33-25(3)20-26(4)42-37(33)48/h6,8-11,20-22,31H,1,7,12-19,23-24H2,2-5H3,(H,41,47)(H,42,48). The average Bonchev–Trinajstić information content (AvgIpc) is 3.06. The van der Waals surface area contributed by atoms with Crippen LogP contribution in [0.5, 0.6) is 0 Å². The van der Waals surface area contributed by atoms with E-state index in [-0.39, 0.29) is 42.8 Å². The second-order valence-corrected chi connectivity index (χ2v) is 13.2. The van der Waals surface area contributed by atoms with E-state index in [2.05, 4.69) is 39.7 Å². The number of halogens is 2. The molecule has 3 heterocycles. The summed E-state index contributed by atoms with van der Waals surface area (Å²) < 4.78 is 27.3. The minimum absolute atomic E-state index is 0.0574. The molecule has 2 aromatic carbocycles. The van der Waals surface area contributed by atoms with Crippen LogP contribution in [0.3, 0.4) is 0 Å². The molecule has 0 spiro atoms. The van der Waals surface area contributed by atoms with Gasteiger partial charge in [-0.1, -0.05) is 30.8 Å². The van der Waals surface area contributed by atoms with Crippen molar-refractivity contribution in [1.29, 1.82) is 0 Å². The highest BCUT2D eigenvalue weighted by atomic mass is 19.3. The molecule has 10 heteroatoms. The molecule has 2 fully saturated rings.